The van der Waals surface area contributed by atoms with Gasteiger partial charge in [-0.2, -0.15) is 9.97 Å². The summed E-state index contributed by atoms with van der Waals surface area (Å²) in [6.07, 6.45) is -3.16. The largest absolute Gasteiger partial charge is 0.469 e. The van der Waals surface area contributed by atoms with Gasteiger partial charge in [0, 0.05) is 7.05 Å². The van der Waals surface area contributed by atoms with Crippen LogP contribution >= 0.6 is 7.82 Å². The summed E-state index contributed by atoms with van der Waals surface area (Å²) in [5.41, 5.74) is 3.80. The van der Waals surface area contributed by atoms with Crippen molar-refractivity contribution >= 4 is 30.8 Å². The molecule has 12 nitrogen and oxygen atoms in total. The second kappa shape index (κ2) is 6.37. The van der Waals surface area contributed by atoms with Gasteiger partial charge >= 0.3 is 7.82 Å². The maximum atomic E-state index is 15.1. The Hall–Kier alpha value is -1.89. The van der Waals surface area contributed by atoms with E-state index in [0.717, 1.165) is 6.92 Å². The first kappa shape index (κ1) is 18.9. The van der Waals surface area contributed by atoms with E-state index in [-0.39, 0.29) is 11.6 Å². The van der Waals surface area contributed by atoms with E-state index in [1.165, 1.54) is 10.9 Å². The number of aromatic nitrogens is 4. The van der Waals surface area contributed by atoms with Crippen LogP contribution < -0.4 is 11.1 Å². The minimum absolute atomic E-state index is 0.0795. The molecule has 0 saturated carbocycles. The van der Waals surface area contributed by atoms with Gasteiger partial charge in [0.1, 0.15) is 12.2 Å². The number of halogens is 1. The number of alkyl halides is 1. The normalized spacial score (nSPS) is 29.4. The first-order chi connectivity index (χ1) is 12.0. The zero-order valence-electron chi connectivity index (χ0n) is 13.8. The maximum absolute atomic E-state index is 15.1. The molecule has 0 aromatic carbocycles. The van der Waals surface area contributed by atoms with E-state index >= 15 is 4.39 Å². The van der Waals surface area contributed by atoms with Gasteiger partial charge in [-0.05, 0) is 6.92 Å². The van der Waals surface area contributed by atoms with Crippen LogP contribution in [0.5, 0.6) is 0 Å². The molecule has 0 radical (unpaired) electrons. The molecule has 3 rings (SSSR count). The second-order valence-electron chi connectivity index (χ2n) is 5.91. The lowest BCUT2D eigenvalue weighted by Gasteiger charge is -2.24. The van der Waals surface area contributed by atoms with Crippen molar-refractivity contribution < 1.29 is 33.1 Å². The number of phosphoric ester groups is 1. The molecule has 0 spiro atoms. The summed E-state index contributed by atoms with van der Waals surface area (Å²) >= 11 is 0. The molecule has 0 bridgehead atoms. The Balaban J connectivity index is 1.97. The number of rotatable bonds is 5. The first-order valence-electron chi connectivity index (χ1n) is 7.45. The minimum Gasteiger partial charge on any atom is -0.387 e. The fraction of sp³-hybridized carbons (Fsp3) is 0.583. The van der Waals surface area contributed by atoms with E-state index in [4.69, 9.17) is 20.3 Å². The highest BCUT2D eigenvalue weighted by Crippen LogP contribution is 2.44. The number of nitrogens with one attached hydrogen (secondary N) is 1. The van der Waals surface area contributed by atoms with Crippen molar-refractivity contribution in [3.63, 3.8) is 0 Å². The molecule has 14 heteroatoms. The molecule has 144 valence electrons. The third kappa shape index (κ3) is 3.24. The number of nitrogens with two attached hydrogens (primary N) is 1. The van der Waals surface area contributed by atoms with Crippen LogP contribution in [0.3, 0.4) is 0 Å². The molecule has 0 amide bonds. The molecule has 4 atom stereocenters. The van der Waals surface area contributed by atoms with Crippen LogP contribution in [0, 0.1) is 0 Å². The van der Waals surface area contributed by atoms with Gasteiger partial charge in [0.25, 0.3) is 0 Å². The molecule has 3 heterocycles. The molecule has 2 aromatic heterocycles. The van der Waals surface area contributed by atoms with Crippen molar-refractivity contribution in [3.05, 3.63) is 6.33 Å². The predicted octanol–water partition coefficient (Wildman–Crippen LogP) is -0.454. The molecule has 0 unspecified atom stereocenters. The summed E-state index contributed by atoms with van der Waals surface area (Å²) in [4.78, 5) is 29.7. The average Bonchev–Trinajstić information content (AvgIpc) is 3.04. The molecule has 1 aliphatic heterocycles. The van der Waals surface area contributed by atoms with Gasteiger partial charge in [-0.1, -0.05) is 0 Å². The standard InChI is InChI=1S/C12H18FN6O6P/c1-12(13)7(20)5(3-24-26(21,22)23)25-10(12)19-4-16-6-8(15-2)17-11(14)18-9(6)19/h4-5,7,10,20H,3H2,1-2H3,(H2,21,22,23)(H3,14,15,17,18)/t5-,7-,10-,12-/m1/s1. The molecule has 26 heavy (non-hydrogen) atoms. The van der Waals surface area contributed by atoms with Crippen LogP contribution in [0.4, 0.5) is 16.2 Å². The zero-order chi connectivity index (χ0) is 19.3. The van der Waals surface area contributed by atoms with Gasteiger partial charge in [0.05, 0.1) is 12.9 Å². The number of nitrogen functional groups attached to an aromatic ring is 1. The van der Waals surface area contributed by atoms with Crippen LogP contribution in [0.15, 0.2) is 6.33 Å². The topological polar surface area (TPSA) is 178 Å². The highest BCUT2D eigenvalue weighted by atomic mass is 31.2. The van der Waals surface area contributed by atoms with Crippen LogP contribution in [0.2, 0.25) is 0 Å². The Labute approximate surface area is 146 Å². The summed E-state index contributed by atoms with van der Waals surface area (Å²) in [5, 5.41) is 13.0. The van der Waals surface area contributed by atoms with E-state index in [9.17, 15) is 9.67 Å². The Morgan fingerprint density at radius 1 is 1.54 bits per heavy atom. The molecule has 6 N–H and O–H groups in total. The Bertz CT molecular complexity index is 871. The van der Waals surface area contributed by atoms with Gasteiger partial charge in [-0.3, -0.25) is 9.09 Å². The van der Waals surface area contributed by atoms with E-state index in [1.807, 2.05) is 0 Å². The van der Waals surface area contributed by atoms with Gasteiger partial charge in [-0.15, -0.1) is 0 Å². The fourth-order valence-corrected chi connectivity index (χ4v) is 3.14. The molecule has 1 fully saturated rings. The van der Waals surface area contributed by atoms with Crippen LogP contribution in [-0.2, 0) is 13.8 Å². The molecule has 1 saturated heterocycles. The lowest BCUT2D eigenvalue weighted by Crippen LogP contribution is -2.40. The smallest absolute Gasteiger partial charge is 0.387 e. The van der Waals surface area contributed by atoms with Crippen LogP contribution in [0.25, 0.3) is 11.2 Å². The van der Waals surface area contributed by atoms with Crippen molar-refractivity contribution in [1.29, 1.82) is 0 Å². The van der Waals surface area contributed by atoms with Gasteiger partial charge in [0.2, 0.25) is 5.95 Å². The molecular weight excluding hydrogens is 374 g/mol. The quantitative estimate of drug-likeness (QED) is 0.416. The van der Waals surface area contributed by atoms with Crippen molar-refractivity contribution in [1.82, 2.24) is 19.5 Å². The van der Waals surface area contributed by atoms with Gasteiger partial charge < -0.3 is 30.7 Å². The van der Waals surface area contributed by atoms with Crippen LogP contribution in [-0.4, -0.2) is 65.9 Å². The van der Waals surface area contributed by atoms with Crippen molar-refractivity contribution in [3.8, 4) is 0 Å². The van der Waals surface area contributed by atoms with Crippen molar-refractivity contribution in [2.24, 2.45) is 0 Å². The van der Waals surface area contributed by atoms with Crippen molar-refractivity contribution in [2.45, 2.75) is 31.0 Å². The zero-order valence-corrected chi connectivity index (χ0v) is 14.7. The molecule has 2 aromatic rings. The number of anilines is 2. The fourth-order valence-electron chi connectivity index (χ4n) is 2.80. The Kier molecular flexibility index (Phi) is 4.63. The first-order valence-corrected chi connectivity index (χ1v) is 8.98. The molecular formula is C12H18FN6O6P. The van der Waals surface area contributed by atoms with E-state index in [1.54, 1.807) is 7.05 Å². The van der Waals surface area contributed by atoms with E-state index in [0.29, 0.717) is 11.3 Å². The number of ether oxygens (including phenoxy) is 1. The number of hydrogen-bond donors (Lipinski definition) is 5. The third-order valence-corrected chi connectivity index (χ3v) is 4.54. The van der Waals surface area contributed by atoms with E-state index < -0.39 is 38.5 Å². The number of imidazole rings is 1. The maximum Gasteiger partial charge on any atom is 0.469 e. The highest BCUT2D eigenvalue weighted by Gasteiger charge is 2.55. The highest BCUT2D eigenvalue weighted by molar-refractivity contribution is 7.46. The van der Waals surface area contributed by atoms with Crippen molar-refractivity contribution in [2.75, 3.05) is 24.7 Å². The minimum atomic E-state index is -4.80. The summed E-state index contributed by atoms with van der Waals surface area (Å²) in [7, 11) is -3.20. The number of aliphatic hydroxyl groups is 1. The number of phosphoric acid groups is 1. The number of hydrogen-bond acceptors (Lipinski definition) is 9. The number of aliphatic hydroxyl groups excluding tert-OH is 1. The van der Waals surface area contributed by atoms with Gasteiger partial charge in [-0.25, -0.2) is 13.9 Å². The Morgan fingerprint density at radius 3 is 2.85 bits per heavy atom. The molecule has 0 aliphatic carbocycles. The third-order valence-electron chi connectivity index (χ3n) is 4.05. The summed E-state index contributed by atoms with van der Waals surface area (Å²) in [5.74, 6) is 0.246. The monoisotopic (exact) mass is 392 g/mol. The SMILES string of the molecule is CNc1nc(N)nc2c1ncn2[C@@H]1O[C@H](COP(=O)(O)O)[C@@H](O)[C@@]1(C)F. The lowest BCUT2D eigenvalue weighted by atomic mass is 9.98. The van der Waals surface area contributed by atoms with Crippen LogP contribution in [0.1, 0.15) is 13.2 Å². The summed E-state index contributed by atoms with van der Waals surface area (Å²) < 4.78 is 37.0. The Morgan fingerprint density at radius 2 is 2.23 bits per heavy atom. The van der Waals surface area contributed by atoms with E-state index in [2.05, 4.69) is 24.8 Å². The average molecular weight is 392 g/mol. The number of fused-ring (bicyclic) bond motifs is 1. The summed E-state index contributed by atoms with van der Waals surface area (Å²) in [6, 6.07) is 0. The molecule has 1 aliphatic rings. The second-order valence-corrected chi connectivity index (χ2v) is 7.15. The summed E-state index contributed by atoms with van der Waals surface area (Å²) in [6.45, 7) is 0.391. The van der Waals surface area contributed by atoms with Gasteiger partial charge in [0.15, 0.2) is 28.9 Å². The number of nitrogens with zero attached hydrogens (tertiary/aromatic N) is 4. The lowest BCUT2D eigenvalue weighted by molar-refractivity contribution is -0.0560. The predicted molar refractivity (Wildman–Crippen MR) is 86.7 cm³/mol.